The summed E-state index contributed by atoms with van der Waals surface area (Å²) in [6.45, 7) is 6.83. The standard InChI is InChI=1S/C15H24N2O4S/c1-6-22(19,20)17(11-14(18)16-15(2,3)4)12-7-9-13(21-5)10-8-12/h7-10H,6,11H2,1-5H3,(H,16,18). The van der Waals surface area contributed by atoms with Crippen molar-refractivity contribution in [3.8, 4) is 5.75 Å². The normalized spacial score (nSPS) is 11.9. The highest BCUT2D eigenvalue weighted by Crippen LogP contribution is 2.22. The van der Waals surface area contributed by atoms with Gasteiger partial charge in [-0.05, 0) is 52.0 Å². The zero-order valence-corrected chi connectivity index (χ0v) is 14.5. The number of methoxy groups -OCH3 is 1. The predicted molar refractivity (Wildman–Crippen MR) is 87.7 cm³/mol. The molecule has 22 heavy (non-hydrogen) atoms. The van der Waals surface area contributed by atoms with Crippen LogP contribution in [-0.4, -0.2) is 39.3 Å². The molecule has 1 aromatic rings. The number of ether oxygens (including phenoxy) is 1. The molecule has 0 atom stereocenters. The van der Waals surface area contributed by atoms with E-state index in [2.05, 4.69) is 5.32 Å². The summed E-state index contributed by atoms with van der Waals surface area (Å²) >= 11 is 0. The van der Waals surface area contributed by atoms with Crippen LogP contribution in [0.1, 0.15) is 27.7 Å². The Bertz CT molecular complexity index is 603. The number of benzene rings is 1. The van der Waals surface area contributed by atoms with Gasteiger partial charge in [0.15, 0.2) is 0 Å². The third-order valence-electron chi connectivity index (χ3n) is 2.86. The summed E-state index contributed by atoms with van der Waals surface area (Å²) in [5, 5.41) is 2.77. The molecule has 0 saturated carbocycles. The lowest BCUT2D eigenvalue weighted by Crippen LogP contribution is -2.47. The Balaban J connectivity index is 3.06. The first-order chi connectivity index (χ1) is 10.1. The Kier molecular flexibility index (Phi) is 5.82. The number of amides is 1. The van der Waals surface area contributed by atoms with Gasteiger partial charge in [0.1, 0.15) is 12.3 Å². The van der Waals surface area contributed by atoms with Crippen molar-refractivity contribution in [2.45, 2.75) is 33.2 Å². The van der Waals surface area contributed by atoms with Crippen LogP contribution in [0.5, 0.6) is 5.75 Å². The summed E-state index contributed by atoms with van der Waals surface area (Å²) in [5.74, 6) is 0.194. The Hall–Kier alpha value is -1.76. The molecule has 0 spiro atoms. The van der Waals surface area contributed by atoms with E-state index in [1.165, 1.54) is 7.11 Å². The number of carbonyl (C=O) groups excluding carboxylic acids is 1. The van der Waals surface area contributed by atoms with Gasteiger partial charge in [0, 0.05) is 5.54 Å². The van der Waals surface area contributed by atoms with Gasteiger partial charge in [-0.2, -0.15) is 0 Å². The van der Waals surface area contributed by atoms with Crippen LogP contribution in [-0.2, 0) is 14.8 Å². The number of nitrogens with one attached hydrogen (secondary N) is 1. The third kappa shape index (κ3) is 5.22. The van der Waals surface area contributed by atoms with Gasteiger partial charge in [0.2, 0.25) is 15.9 Å². The van der Waals surface area contributed by atoms with Gasteiger partial charge in [0.05, 0.1) is 18.6 Å². The largest absolute Gasteiger partial charge is 0.497 e. The van der Waals surface area contributed by atoms with Gasteiger partial charge in [0.25, 0.3) is 0 Å². The average molecular weight is 328 g/mol. The van der Waals surface area contributed by atoms with Gasteiger partial charge in [-0.25, -0.2) is 8.42 Å². The van der Waals surface area contributed by atoms with Crippen molar-refractivity contribution in [3.05, 3.63) is 24.3 Å². The molecule has 1 rings (SSSR count). The fourth-order valence-corrected chi connectivity index (χ4v) is 2.91. The van der Waals surface area contributed by atoms with Crippen molar-refractivity contribution >= 4 is 21.6 Å². The van der Waals surface area contributed by atoms with E-state index >= 15 is 0 Å². The molecule has 1 aromatic carbocycles. The van der Waals surface area contributed by atoms with Crippen LogP contribution in [0.15, 0.2) is 24.3 Å². The topological polar surface area (TPSA) is 75.7 Å². The fraction of sp³-hybridized carbons (Fsp3) is 0.533. The lowest BCUT2D eigenvalue weighted by Gasteiger charge is -2.26. The second kappa shape index (κ2) is 7.00. The molecule has 0 aliphatic carbocycles. The molecule has 124 valence electrons. The number of anilines is 1. The van der Waals surface area contributed by atoms with Crippen molar-refractivity contribution in [1.29, 1.82) is 0 Å². The number of nitrogens with zero attached hydrogens (tertiary/aromatic N) is 1. The molecule has 0 radical (unpaired) electrons. The van der Waals surface area contributed by atoms with E-state index in [9.17, 15) is 13.2 Å². The number of rotatable bonds is 6. The number of carbonyl (C=O) groups is 1. The smallest absolute Gasteiger partial charge is 0.241 e. The van der Waals surface area contributed by atoms with E-state index in [4.69, 9.17) is 4.74 Å². The highest BCUT2D eigenvalue weighted by atomic mass is 32.2. The molecular weight excluding hydrogens is 304 g/mol. The summed E-state index contributed by atoms with van der Waals surface area (Å²) in [5.41, 5.74) is 0.0187. The first-order valence-corrected chi connectivity index (χ1v) is 8.65. The van der Waals surface area contributed by atoms with Crippen molar-refractivity contribution in [2.24, 2.45) is 0 Å². The van der Waals surface area contributed by atoms with Crippen LogP contribution >= 0.6 is 0 Å². The maximum absolute atomic E-state index is 12.3. The molecule has 0 aliphatic heterocycles. The fourth-order valence-electron chi connectivity index (χ4n) is 1.84. The zero-order chi connectivity index (χ0) is 17.0. The molecule has 0 fully saturated rings. The van der Waals surface area contributed by atoms with Gasteiger partial charge in [-0.1, -0.05) is 0 Å². The number of hydrogen-bond donors (Lipinski definition) is 1. The Morgan fingerprint density at radius 1 is 1.23 bits per heavy atom. The maximum Gasteiger partial charge on any atom is 0.241 e. The van der Waals surface area contributed by atoms with E-state index in [-0.39, 0.29) is 18.2 Å². The molecule has 0 saturated heterocycles. The zero-order valence-electron chi connectivity index (χ0n) is 13.7. The van der Waals surface area contributed by atoms with Crippen LogP contribution < -0.4 is 14.4 Å². The van der Waals surface area contributed by atoms with Crippen LogP contribution in [0.2, 0.25) is 0 Å². The second-order valence-corrected chi connectivity index (χ2v) is 8.09. The third-order valence-corrected chi connectivity index (χ3v) is 4.60. The quantitative estimate of drug-likeness (QED) is 0.863. The molecule has 0 heterocycles. The van der Waals surface area contributed by atoms with E-state index in [1.807, 2.05) is 20.8 Å². The lowest BCUT2D eigenvalue weighted by atomic mass is 10.1. The molecule has 1 amide bonds. The van der Waals surface area contributed by atoms with E-state index in [0.717, 1.165) is 4.31 Å². The van der Waals surface area contributed by atoms with Crippen molar-refractivity contribution < 1.29 is 17.9 Å². The van der Waals surface area contributed by atoms with Crippen LogP contribution in [0, 0.1) is 0 Å². The van der Waals surface area contributed by atoms with Crippen LogP contribution in [0.25, 0.3) is 0 Å². The molecule has 0 bridgehead atoms. The SMILES string of the molecule is CCS(=O)(=O)N(CC(=O)NC(C)(C)C)c1ccc(OC)cc1. The molecule has 1 N–H and O–H groups in total. The summed E-state index contributed by atoms with van der Waals surface area (Å²) in [6.07, 6.45) is 0. The minimum Gasteiger partial charge on any atom is -0.497 e. The van der Waals surface area contributed by atoms with Gasteiger partial charge < -0.3 is 10.1 Å². The first-order valence-electron chi connectivity index (χ1n) is 7.04. The summed E-state index contributed by atoms with van der Waals surface area (Å²) in [7, 11) is -2.02. The maximum atomic E-state index is 12.3. The molecule has 0 aliphatic rings. The van der Waals surface area contributed by atoms with Gasteiger partial charge >= 0.3 is 0 Å². The minimum absolute atomic E-state index is 0.0815. The number of hydrogen-bond acceptors (Lipinski definition) is 4. The van der Waals surface area contributed by atoms with Crippen LogP contribution in [0.3, 0.4) is 0 Å². The molecular formula is C15H24N2O4S. The highest BCUT2D eigenvalue weighted by molar-refractivity contribution is 7.92. The molecule has 6 nitrogen and oxygen atoms in total. The van der Waals surface area contributed by atoms with E-state index in [1.54, 1.807) is 31.2 Å². The van der Waals surface area contributed by atoms with Gasteiger partial charge in [-0.15, -0.1) is 0 Å². The Morgan fingerprint density at radius 2 is 1.77 bits per heavy atom. The molecule has 0 aromatic heterocycles. The summed E-state index contributed by atoms with van der Waals surface area (Å²) in [4.78, 5) is 12.1. The summed E-state index contributed by atoms with van der Waals surface area (Å²) in [6, 6.07) is 6.57. The first kappa shape index (κ1) is 18.3. The van der Waals surface area contributed by atoms with Crippen LogP contribution in [0.4, 0.5) is 5.69 Å². The Morgan fingerprint density at radius 3 is 2.18 bits per heavy atom. The van der Waals surface area contributed by atoms with Crippen molar-refractivity contribution in [1.82, 2.24) is 5.32 Å². The second-order valence-electron chi connectivity index (χ2n) is 5.90. The van der Waals surface area contributed by atoms with E-state index in [0.29, 0.717) is 11.4 Å². The molecule has 7 heteroatoms. The van der Waals surface area contributed by atoms with Crippen molar-refractivity contribution in [3.63, 3.8) is 0 Å². The lowest BCUT2D eigenvalue weighted by molar-refractivity contribution is -0.121. The Labute approximate surface area is 132 Å². The van der Waals surface area contributed by atoms with Gasteiger partial charge in [-0.3, -0.25) is 9.10 Å². The predicted octanol–water partition coefficient (Wildman–Crippen LogP) is 1.77. The number of sulfonamides is 1. The monoisotopic (exact) mass is 328 g/mol. The molecule has 0 unspecified atom stereocenters. The van der Waals surface area contributed by atoms with Crippen molar-refractivity contribution in [2.75, 3.05) is 23.7 Å². The average Bonchev–Trinajstić information content (AvgIpc) is 2.43. The minimum atomic E-state index is -3.55. The van der Waals surface area contributed by atoms with E-state index < -0.39 is 15.6 Å². The highest BCUT2D eigenvalue weighted by Gasteiger charge is 2.25. The summed E-state index contributed by atoms with van der Waals surface area (Å²) < 4.78 is 30.7.